The van der Waals surface area contributed by atoms with Gasteiger partial charge in [0.25, 0.3) is 0 Å². The van der Waals surface area contributed by atoms with Crippen molar-refractivity contribution in [3.05, 3.63) is 22.7 Å². The van der Waals surface area contributed by atoms with E-state index in [4.69, 9.17) is 31.2 Å². The number of hydroxylamine groups is 1. The van der Waals surface area contributed by atoms with Gasteiger partial charge in [0, 0.05) is 12.7 Å². The van der Waals surface area contributed by atoms with Crippen molar-refractivity contribution < 1.29 is 47.9 Å². The van der Waals surface area contributed by atoms with Crippen LogP contribution in [-0.2, 0) is 32.8 Å². The normalized spacial score (nSPS) is 22.8. The molecule has 11 N–H and O–H groups in total. The Morgan fingerprint density at radius 1 is 1.20 bits per heavy atom. The molecule has 1 aromatic heterocycles. The maximum Gasteiger partial charge on any atom is 0.493 e. The van der Waals surface area contributed by atoms with Crippen molar-refractivity contribution in [3.63, 3.8) is 0 Å². The van der Waals surface area contributed by atoms with Crippen molar-refractivity contribution in [1.82, 2.24) is 20.3 Å². The molecule has 2 rings (SSSR count). The smallest absolute Gasteiger partial charge is 0.464 e. The first-order valence-electron chi connectivity index (χ1n) is 14.8. The molecule has 0 aromatic carbocycles. The molecule has 1 aliphatic rings. The largest absolute Gasteiger partial charge is 0.493 e. The van der Waals surface area contributed by atoms with Crippen LogP contribution in [0.15, 0.2) is 22.1 Å². The van der Waals surface area contributed by atoms with Crippen molar-refractivity contribution >= 4 is 31.5 Å². The molecule has 1 amide bonds. The fourth-order valence-corrected chi connectivity index (χ4v) is 4.75. The van der Waals surface area contributed by atoms with Crippen LogP contribution in [0, 0.1) is 11.8 Å². The lowest BCUT2D eigenvalue weighted by molar-refractivity contribution is -0.148. The lowest BCUT2D eigenvalue weighted by Crippen LogP contribution is -2.49. The van der Waals surface area contributed by atoms with Crippen LogP contribution in [0.25, 0.3) is 0 Å². The van der Waals surface area contributed by atoms with E-state index in [1.807, 2.05) is 33.2 Å². The highest BCUT2D eigenvalue weighted by Crippen LogP contribution is 2.43. The summed E-state index contributed by atoms with van der Waals surface area (Å²) in [5, 5.41) is 23.2. The fraction of sp³-hybridized carbons (Fsp3) is 0.731. The van der Waals surface area contributed by atoms with Crippen LogP contribution >= 0.6 is 7.82 Å². The van der Waals surface area contributed by atoms with Gasteiger partial charge in [0.1, 0.15) is 30.2 Å². The summed E-state index contributed by atoms with van der Waals surface area (Å²) in [4.78, 5) is 54.5. The first-order chi connectivity index (χ1) is 21.5. The summed E-state index contributed by atoms with van der Waals surface area (Å²) >= 11 is 0. The predicted molar refractivity (Wildman–Crippen MR) is 164 cm³/mol. The quantitative estimate of drug-likeness (QED) is 0.0222. The molecule has 0 radical (unpaired) electrons. The molecule has 20 heteroatoms. The molecule has 262 valence electrons. The minimum absolute atomic E-state index is 0.0581. The Bertz CT molecular complexity index is 1280. The lowest BCUT2D eigenvalue weighted by atomic mass is 10.0. The second kappa shape index (κ2) is 18.2. The fourth-order valence-electron chi connectivity index (χ4n) is 4.15. The van der Waals surface area contributed by atoms with Gasteiger partial charge in [0.15, 0.2) is 6.23 Å². The number of esters is 1. The summed E-state index contributed by atoms with van der Waals surface area (Å²) in [5.41, 5.74) is 18.2. The highest BCUT2D eigenvalue weighted by atomic mass is 31.2. The number of rotatable bonds is 18. The number of aliphatic hydroxyl groups is 2. The number of anilines is 1. The van der Waals surface area contributed by atoms with Gasteiger partial charge < -0.3 is 47.1 Å². The van der Waals surface area contributed by atoms with Gasteiger partial charge in [-0.25, -0.2) is 19.6 Å². The van der Waals surface area contributed by atoms with Crippen molar-refractivity contribution in [2.45, 2.75) is 90.0 Å². The van der Waals surface area contributed by atoms with Crippen molar-refractivity contribution in [2.75, 3.05) is 25.5 Å². The predicted octanol–water partition coefficient (Wildman–Crippen LogP) is -1.37. The summed E-state index contributed by atoms with van der Waals surface area (Å²) in [6.07, 6.45) is -3.07. The molecule has 19 nitrogen and oxygen atoms in total. The van der Waals surface area contributed by atoms with Crippen molar-refractivity contribution in [3.8, 4) is 0 Å². The van der Waals surface area contributed by atoms with Crippen LogP contribution in [0.5, 0.6) is 0 Å². The molecular weight excluding hydrogens is 631 g/mol. The standard InChI is InChI=1S/C26H47N8O11P/c1-14(2)8-11-42-24(38)17(12-15(3)4)31-22(37)16(27)6-5-9-30-25(29)33-45-46(40,41)43-13-18-20(35)21(36)23(44-18)34-10-7-19(28)32-26(34)39/h7,10,14-18,20-21,23,35-36H,5-6,8-9,11-13,27H2,1-4H3,(H,31,37)(H,40,41)(H2,28,32,39)(H3,29,30,33)/t16?,17?,18-,20-,21-,23-/m1/s1. The summed E-state index contributed by atoms with van der Waals surface area (Å²) in [5.74, 6) is -0.984. The third-order valence-corrected chi connectivity index (χ3v) is 7.47. The van der Waals surface area contributed by atoms with Crippen LogP contribution in [0.1, 0.15) is 59.6 Å². The van der Waals surface area contributed by atoms with Gasteiger partial charge in [0.05, 0.1) is 19.3 Å². The van der Waals surface area contributed by atoms with E-state index < -0.39 is 68.6 Å². The summed E-state index contributed by atoms with van der Waals surface area (Å²) in [7, 11) is -4.82. The van der Waals surface area contributed by atoms with E-state index in [9.17, 15) is 34.1 Å². The van der Waals surface area contributed by atoms with Gasteiger partial charge in [0.2, 0.25) is 11.9 Å². The number of nitrogens with zero attached hydrogens (tertiary/aromatic N) is 3. The van der Waals surface area contributed by atoms with Crippen LogP contribution in [0.3, 0.4) is 0 Å². The monoisotopic (exact) mass is 678 g/mol. The zero-order chi connectivity index (χ0) is 34.6. The maximum absolute atomic E-state index is 12.6. The molecule has 0 bridgehead atoms. The first kappa shape index (κ1) is 39.0. The number of amides is 1. The maximum atomic E-state index is 12.6. The van der Waals surface area contributed by atoms with Gasteiger partial charge in [-0.3, -0.25) is 18.9 Å². The van der Waals surface area contributed by atoms with E-state index in [2.05, 4.69) is 19.9 Å². The lowest BCUT2D eigenvalue weighted by Gasteiger charge is -2.21. The van der Waals surface area contributed by atoms with Gasteiger partial charge in [-0.2, -0.15) is 9.61 Å². The Balaban J connectivity index is 1.76. The number of hydrogen-bond donors (Lipinski definition) is 8. The number of carbonyl (C=O) groups excluding carboxylic acids is 2. The average molecular weight is 679 g/mol. The Hall–Kier alpha value is -3.16. The van der Waals surface area contributed by atoms with Crippen molar-refractivity contribution in [2.24, 2.45) is 28.3 Å². The van der Waals surface area contributed by atoms with Gasteiger partial charge in [-0.05, 0) is 43.6 Å². The third-order valence-electron chi connectivity index (χ3n) is 6.67. The van der Waals surface area contributed by atoms with E-state index in [1.54, 1.807) is 0 Å². The number of phosphoric ester groups is 1. The number of nitrogens with one attached hydrogen (secondary N) is 2. The average Bonchev–Trinajstić information content (AvgIpc) is 3.25. The second-order valence-electron chi connectivity index (χ2n) is 11.6. The Labute approximate surface area is 266 Å². The van der Waals surface area contributed by atoms with E-state index in [0.717, 1.165) is 4.57 Å². The molecule has 7 atom stereocenters. The molecule has 1 aliphatic heterocycles. The first-order valence-corrected chi connectivity index (χ1v) is 16.3. The molecule has 0 spiro atoms. The number of aromatic nitrogens is 2. The summed E-state index contributed by atoms with van der Waals surface area (Å²) < 4.78 is 33.3. The van der Waals surface area contributed by atoms with E-state index in [-0.39, 0.29) is 37.3 Å². The highest BCUT2D eigenvalue weighted by Gasteiger charge is 2.45. The molecule has 46 heavy (non-hydrogen) atoms. The molecule has 3 unspecified atom stereocenters. The van der Waals surface area contributed by atoms with E-state index >= 15 is 0 Å². The highest BCUT2D eigenvalue weighted by molar-refractivity contribution is 7.47. The number of nitrogen functional groups attached to an aromatic ring is 1. The molecule has 0 saturated carbocycles. The summed E-state index contributed by atoms with van der Waals surface area (Å²) in [6.45, 7) is 7.47. The van der Waals surface area contributed by atoms with Gasteiger partial charge in [-0.15, -0.1) is 0 Å². The molecule has 1 saturated heterocycles. The number of nitrogens with two attached hydrogens (primary N) is 3. The van der Waals surface area contributed by atoms with Crippen LogP contribution in [0.4, 0.5) is 5.82 Å². The number of ether oxygens (including phenoxy) is 2. The Morgan fingerprint density at radius 2 is 1.89 bits per heavy atom. The minimum Gasteiger partial charge on any atom is -0.464 e. The number of hydrogen-bond acceptors (Lipinski definition) is 14. The Morgan fingerprint density at radius 3 is 2.52 bits per heavy atom. The summed E-state index contributed by atoms with van der Waals surface area (Å²) in [6, 6.07) is -0.477. The van der Waals surface area contributed by atoms with Crippen molar-refractivity contribution in [1.29, 1.82) is 0 Å². The van der Waals surface area contributed by atoms with E-state index in [1.165, 1.54) is 12.3 Å². The topological polar surface area (TPSA) is 298 Å². The Kier molecular flexibility index (Phi) is 15.5. The SMILES string of the molecule is CC(C)CCOC(=O)C(CC(C)C)NC(=O)C(N)CCCN=C(N)NOP(=O)(O)OC[C@H]1O[C@@H](n2ccc(N)nc2=O)[C@H](O)[C@@H]1O. The molecule has 1 fully saturated rings. The zero-order valence-electron chi connectivity index (χ0n) is 26.4. The van der Waals surface area contributed by atoms with Gasteiger partial charge >= 0.3 is 19.5 Å². The number of carbonyl (C=O) groups is 2. The number of aliphatic imine (C=N–C) groups is 1. The molecule has 1 aromatic rings. The van der Waals surface area contributed by atoms with Gasteiger partial charge in [-0.1, -0.05) is 27.7 Å². The minimum atomic E-state index is -4.82. The van der Waals surface area contributed by atoms with Crippen LogP contribution in [0.2, 0.25) is 0 Å². The molecule has 2 heterocycles. The number of guanidine groups is 1. The third kappa shape index (κ3) is 12.9. The zero-order valence-corrected chi connectivity index (χ0v) is 27.2. The second-order valence-corrected chi connectivity index (χ2v) is 13.0. The van der Waals surface area contributed by atoms with Crippen LogP contribution < -0.4 is 33.7 Å². The van der Waals surface area contributed by atoms with E-state index in [0.29, 0.717) is 25.2 Å². The molecule has 0 aliphatic carbocycles. The molecular formula is C26H47N8O11P. The van der Waals surface area contributed by atoms with Crippen LogP contribution in [-0.4, -0.2) is 92.6 Å². The number of phosphoric acid groups is 1. The number of aliphatic hydroxyl groups excluding tert-OH is 2.